The summed E-state index contributed by atoms with van der Waals surface area (Å²) in [7, 11) is 4.05. The topological polar surface area (TPSA) is 50.6 Å². The van der Waals surface area contributed by atoms with E-state index >= 15 is 0 Å². The van der Waals surface area contributed by atoms with Gasteiger partial charge in [-0.2, -0.15) is 5.26 Å². The van der Waals surface area contributed by atoms with Gasteiger partial charge in [0.15, 0.2) is 0 Å². The minimum atomic E-state index is 0.0866. The van der Waals surface area contributed by atoms with Crippen LogP contribution in [0.3, 0.4) is 0 Å². The molecule has 2 saturated heterocycles. The Morgan fingerprint density at radius 2 is 2.17 bits per heavy atom. The third-order valence-electron chi connectivity index (χ3n) is 4.18. The van der Waals surface area contributed by atoms with Crippen LogP contribution in [0.15, 0.2) is 0 Å². The average Bonchev–Trinajstić information content (AvgIpc) is 2.64. The van der Waals surface area contributed by atoms with E-state index in [-0.39, 0.29) is 6.03 Å². The van der Waals surface area contributed by atoms with Crippen molar-refractivity contribution < 1.29 is 4.79 Å². The number of likely N-dealkylation sites (N-methyl/N-ethyl adjacent to an activating group) is 1. The molecule has 2 unspecified atom stereocenters. The van der Waals surface area contributed by atoms with Crippen molar-refractivity contribution in [2.24, 2.45) is 5.92 Å². The van der Waals surface area contributed by atoms with Crippen LogP contribution in [0.2, 0.25) is 0 Å². The van der Waals surface area contributed by atoms with Gasteiger partial charge in [0, 0.05) is 26.7 Å². The third kappa shape index (κ3) is 2.59. The van der Waals surface area contributed by atoms with Gasteiger partial charge in [-0.25, -0.2) is 4.79 Å². The van der Waals surface area contributed by atoms with Crippen LogP contribution < -0.4 is 0 Å². The highest BCUT2D eigenvalue weighted by molar-refractivity contribution is 5.77. The standard InChI is InChI=1S/C13H22N4O/c1-15-7-3-5-11(9-15)12-10-17(8-4-6-14)13(18)16(12)2/h11-12H,3-5,7-10H2,1-2H3. The van der Waals surface area contributed by atoms with Gasteiger partial charge < -0.3 is 14.7 Å². The van der Waals surface area contributed by atoms with E-state index in [0.717, 1.165) is 13.1 Å². The number of rotatable bonds is 3. The molecular weight excluding hydrogens is 228 g/mol. The Morgan fingerprint density at radius 1 is 1.39 bits per heavy atom. The first-order valence-corrected chi connectivity index (χ1v) is 6.70. The van der Waals surface area contributed by atoms with Crippen molar-refractivity contribution in [1.29, 1.82) is 5.26 Å². The second-order valence-corrected chi connectivity index (χ2v) is 5.48. The Labute approximate surface area is 109 Å². The molecule has 2 aliphatic rings. The largest absolute Gasteiger partial charge is 0.323 e. The van der Waals surface area contributed by atoms with Gasteiger partial charge in [0.1, 0.15) is 0 Å². The Hall–Kier alpha value is -1.28. The summed E-state index contributed by atoms with van der Waals surface area (Å²) in [4.78, 5) is 18.1. The van der Waals surface area contributed by atoms with E-state index in [4.69, 9.17) is 5.26 Å². The molecule has 5 nitrogen and oxygen atoms in total. The summed E-state index contributed by atoms with van der Waals surface area (Å²) < 4.78 is 0. The summed E-state index contributed by atoms with van der Waals surface area (Å²) in [6.07, 6.45) is 2.85. The molecule has 0 aromatic heterocycles. The number of carbonyl (C=O) groups excluding carboxylic acids is 1. The van der Waals surface area contributed by atoms with Crippen LogP contribution in [-0.2, 0) is 0 Å². The van der Waals surface area contributed by atoms with E-state index in [1.165, 1.54) is 19.4 Å². The summed E-state index contributed by atoms with van der Waals surface area (Å²) in [6.45, 7) is 3.60. The lowest BCUT2D eigenvalue weighted by Crippen LogP contribution is -2.44. The summed E-state index contributed by atoms with van der Waals surface area (Å²) in [6, 6.07) is 2.52. The molecular formula is C13H22N4O. The number of urea groups is 1. The first-order chi connectivity index (χ1) is 8.63. The van der Waals surface area contributed by atoms with E-state index in [9.17, 15) is 4.79 Å². The van der Waals surface area contributed by atoms with Crippen molar-refractivity contribution >= 4 is 6.03 Å². The number of nitrogens with zero attached hydrogens (tertiary/aromatic N) is 4. The average molecular weight is 250 g/mol. The molecule has 0 bridgehead atoms. The van der Waals surface area contributed by atoms with Crippen molar-refractivity contribution in [1.82, 2.24) is 14.7 Å². The lowest BCUT2D eigenvalue weighted by Gasteiger charge is -2.35. The molecule has 18 heavy (non-hydrogen) atoms. The number of carbonyl (C=O) groups is 1. The first kappa shape index (κ1) is 13.2. The van der Waals surface area contributed by atoms with Crippen LogP contribution in [-0.4, -0.2) is 67.0 Å². The predicted molar refractivity (Wildman–Crippen MR) is 69.0 cm³/mol. The summed E-state index contributed by atoms with van der Waals surface area (Å²) in [5, 5.41) is 8.62. The number of piperidine rings is 1. The second kappa shape index (κ2) is 5.57. The van der Waals surface area contributed by atoms with E-state index < -0.39 is 0 Å². The fraction of sp³-hybridized carbons (Fsp3) is 0.846. The minimum absolute atomic E-state index is 0.0866. The molecule has 2 aliphatic heterocycles. The summed E-state index contributed by atoms with van der Waals surface area (Å²) in [5.74, 6) is 0.574. The number of hydrogen-bond acceptors (Lipinski definition) is 3. The zero-order valence-corrected chi connectivity index (χ0v) is 11.3. The zero-order valence-electron chi connectivity index (χ0n) is 11.3. The molecule has 0 spiro atoms. The van der Waals surface area contributed by atoms with Crippen LogP contribution in [0.25, 0.3) is 0 Å². The van der Waals surface area contributed by atoms with Crippen LogP contribution in [0, 0.1) is 17.2 Å². The van der Waals surface area contributed by atoms with Gasteiger partial charge in [0.25, 0.3) is 0 Å². The number of hydrogen-bond donors (Lipinski definition) is 0. The Kier molecular flexibility index (Phi) is 4.07. The maximum atomic E-state index is 12.1. The molecule has 0 aromatic rings. The lowest BCUT2D eigenvalue weighted by atomic mass is 9.90. The Morgan fingerprint density at radius 3 is 2.83 bits per heavy atom. The van der Waals surface area contributed by atoms with Gasteiger partial charge in [-0.3, -0.25) is 0 Å². The molecule has 0 radical (unpaired) electrons. The van der Waals surface area contributed by atoms with Gasteiger partial charge in [-0.15, -0.1) is 0 Å². The van der Waals surface area contributed by atoms with E-state index in [2.05, 4.69) is 18.0 Å². The van der Waals surface area contributed by atoms with Crippen molar-refractivity contribution in [2.75, 3.05) is 40.3 Å². The first-order valence-electron chi connectivity index (χ1n) is 6.70. The third-order valence-corrected chi connectivity index (χ3v) is 4.18. The summed E-state index contributed by atoms with van der Waals surface area (Å²) in [5.41, 5.74) is 0. The molecule has 0 saturated carbocycles. The highest BCUT2D eigenvalue weighted by atomic mass is 16.2. The maximum Gasteiger partial charge on any atom is 0.320 e. The fourth-order valence-corrected chi connectivity index (χ4v) is 3.15. The van der Waals surface area contributed by atoms with Gasteiger partial charge in [0.2, 0.25) is 0 Å². The molecule has 0 aromatic carbocycles. The van der Waals surface area contributed by atoms with Crippen LogP contribution >= 0.6 is 0 Å². The predicted octanol–water partition coefficient (Wildman–Crippen LogP) is 0.978. The minimum Gasteiger partial charge on any atom is -0.323 e. The monoisotopic (exact) mass is 250 g/mol. The van der Waals surface area contributed by atoms with Gasteiger partial charge in [-0.1, -0.05) is 0 Å². The molecule has 0 aliphatic carbocycles. The van der Waals surface area contributed by atoms with Crippen molar-refractivity contribution in [3.8, 4) is 6.07 Å². The quantitative estimate of drug-likeness (QED) is 0.750. The van der Waals surface area contributed by atoms with Gasteiger partial charge >= 0.3 is 6.03 Å². The highest BCUT2D eigenvalue weighted by Gasteiger charge is 2.39. The van der Waals surface area contributed by atoms with E-state index in [1.54, 1.807) is 0 Å². The molecule has 5 heteroatoms. The smallest absolute Gasteiger partial charge is 0.320 e. The lowest BCUT2D eigenvalue weighted by molar-refractivity contribution is 0.141. The van der Waals surface area contributed by atoms with Crippen molar-refractivity contribution in [3.63, 3.8) is 0 Å². The summed E-state index contributed by atoms with van der Waals surface area (Å²) >= 11 is 0. The molecule has 2 heterocycles. The number of amides is 2. The second-order valence-electron chi connectivity index (χ2n) is 5.48. The van der Waals surface area contributed by atoms with Crippen LogP contribution in [0.5, 0.6) is 0 Å². The number of nitriles is 1. The fourth-order valence-electron chi connectivity index (χ4n) is 3.15. The molecule has 0 N–H and O–H groups in total. The van der Waals surface area contributed by atoms with Crippen LogP contribution in [0.4, 0.5) is 4.79 Å². The van der Waals surface area contributed by atoms with Crippen LogP contribution in [0.1, 0.15) is 19.3 Å². The zero-order chi connectivity index (χ0) is 13.1. The normalized spacial score (nSPS) is 29.7. The molecule has 2 amide bonds. The van der Waals surface area contributed by atoms with Gasteiger partial charge in [-0.05, 0) is 32.4 Å². The van der Waals surface area contributed by atoms with Crippen molar-refractivity contribution in [2.45, 2.75) is 25.3 Å². The van der Waals surface area contributed by atoms with Crippen molar-refractivity contribution in [3.05, 3.63) is 0 Å². The Balaban J connectivity index is 1.97. The maximum absolute atomic E-state index is 12.1. The Bertz CT molecular complexity index is 351. The molecule has 2 rings (SSSR count). The number of likely N-dealkylation sites (tertiary alicyclic amines) is 1. The molecule has 2 fully saturated rings. The SMILES string of the molecule is CN1CCCC(C2CN(CCC#N)C(=O)N2C)C1. The molecule has 2 atom stereocenters. The van der Waals surface area contributed by atoms with E-state index in [1.807, 2.05) is 16.8 Å². The molecule has 100 valence electrons. The highest BCUT2D eigenvalue weighted by Crippen LogP contribution is 2.27. The van der Waals surface area contributed by atoms with Gasteiger partial charge in [0.05, 0.1) is 18.5 Å². The van der Waals surface area contributed by atoms with E-state index in [0.29, 0.717) is 24.9 Å².